The van der Waals surface area contributed by atoms with Crippen LogP contribution >= 0.6 is 0 Å². The molecule has 1 heteroatoms. The summed E-state index contributed by atoms with van der Waals surface area (Å²) in [5.41, 5.74) is 0.377. The molecule has 0 aromatic carbocycles. The Hall–Kier alpha value is -0.330. The van der Waals surface area contributed by atoms with Crippen LogP contribution in [0.4, 0.5) is 0 Å². The van der Waals surface area contributed by atoms with Crippen molar-refractivity contribution in [2.45, 2.75) is 47.0 Å². The van der Waals surface area contributed by atoms with E-state index in [2.05, 4.69) is 27.7 Å². The predicted octanol–water partition coefficient (Wildman–Crippen LogP) is 3.04. The van der Waals surface area contributed by atoms with Crippen LogP contribution in [0, 0.1) is 17.3 Å². The maximum atomic E-state index is 11.5. The second-order valence-corrected chi connectivity index (χ2v) is 4.87. The van der Waals surface area contributed by atoms with Gasteiger partial charge in [0.15, 0.2) is 0 Å². The van der Waals surface area contributed by atoms with Gasteiger partial charge in [0, 0.05) is 12.3 Å². The van der Waals surface area contributed by atoms with Crippen LogP contribution in [-0.2, 0) is 4.79 Å². The Bertz CT molecular complexity index is 181. The van der Waals surface area contributed by atoms with Gasteiger partial charge < -0.3 is 0 Å². The Morgan fingerprint density at radius 1 is 1.50 bits per heavy atom. The summed E-state index contributed by atoms with van der Waals surface area (Å²) >= 11 is 0. The van der Waals surface area contributed by atoms with Gasteiger partial charge in [0.05, 0.1) is 0 Å². The van der Waals surface area contributed by atoms with Crippen LogP contribution < -0.4 is 0 Å². The van der Waals surface area contributed by atoms with E-state index in [1.54, 1.807) is 0 Å². The fourth-order valence-electron chi connectivity index (χ4n) is 2.49. The molecule has 1 rings (SSSR count). The molecule has 1 aliphatic rings. The topological polar surface area (TPSA) is 17.1 Å². The Labute approximate surface area is 75.5 Å². The average molecular weight is 168 g/mol. The molecule has 0 spiro atoms. The molecule has 0 N–H and O–H groups in total. The van der Waals surface area contributed by atoms with E-state index in [0.717, 1.165) is 19.3 Å². The molecule has 0 aromatic rings. The minimum Gasteiger partial charge on any atom is -0.299 e. The van der Waals surface area contributed by atoms with Crippen LogP contribution in [-0.4, -0.2) is 5.78 Å². The highest BCUT2D eigenvalue weighted by atomic mass is 16.1. The first kappa shape index (κ1) is 9.76. The molecule has 1 fully saturated rings. The summed E-state index contributed by atoms with van der Waals surface area (Å²) in [5, 5.41) is 0. The van der Waals surface area contributed by atoms with E-state index in [-0.39, 0.29) is 0 Å². The quantitative estimate of drug-likeness (QED) is 0.588. The van der Waals surface area contributed by atoms with E-state index < -0.39 is 0 Å². The van der Waals surface area contributed by atoms with Crippen molar-refractivity contribution in [3.63, 3.8) is 0 Å². The third-order valence-corrected chi connectivity index (χ3v) is 3.43. The molecule has 1 nitrogen and oxygen atoms in total. The molecule has 70 valence electrons. The predicted molar refractivity (Wildman–Crippen MR) is 51.0 cm³/mol. The van der Waals surface area contributed by atoms with E-state index in [4.69, 9.17) is 0 Å². The van der Waals surface area contributed by atoms with E-state index in [1.165, 1.54) is 0 Å². The van der Waals surface area contributed by atoms with Crippen molar-refractivity contribution >= 4 is 5.78 Å². The van der Waals surface area contributed by atoms with E-state index >= 15 is 0 Å². The number of hydrogen-bond donors (Lipinski definition) is 0. The molecule has 12 heavy (non-hydrogen) atoms. The molecule has 1 aliphatic carbocycles. The van der Waals surface area contributed by atoms with Crippen molar-refractivity contribution in [3.8, 4) is 0 Å². The van der Waals surface area contributed by atoms with Crippen molar-refractivity contribution in [1.82, 2.24) is 0 Å². The standard InChI is InChI=1S/C11H20O/c1-5-9-6-10(12)8(2)7-11(9,3)4/h8-9H,5-7H2,1-4H3/t8-,9-/m0/s1. The highest BCUT2D eigenvalue weighted by molar-refractivity contribution is 5.81. The number of carbonyl (C=O) groups excluding carboxylic acids is 1. The van der Waals surface area contributed by atoms with E-state index in [1.807, 2.05) is 0 Å². The molecule has 0 amide bonds. The van der Waals surface area contributed by atoms with Gasteiger partial charge in [0.1, 0.15) is 5.78 Å². The van der Waals surface area contributed by atoms with Crippen molar-refractivity contribution in [3.05, 3.63) is 0 Å². The van der Waals surface area contributed by atoms with Gasteiger partial charge in [-0.3, -0.25) is 4.79 Å². The molecule has 0 aromatic heterocycles. The van der Waals surface area contributed by atoms with Gasteiger partial charge in [0.2, 0.25) is 0 Å². The summed E-state index contributed by atoms with van der Waals surface area (Å²) in [5.74, 6) is 1.38. The highest BCUT2D eigenvalue weighted by Gasteiger charge is 2.38. The summed E-state index contributed by atoms with van der Waals surface area (Å²) in [6.45, 7) is 8.85. The minimum atomic E-state index is 0.294. The molecular formula is C11H20O. The Morgan fingerprint density at radius 2 is 2.08 bits per heavy atom. The van der Waals surface area contributed by atoms with Gasteiger partial charge in [-0.1, -0.05) is 34.1 Å². The lowest BCUT2D eigenvalue weighted by atomic mass is 9.64. The number of rotatable bonds is 1. The van der Waals surface area contributed by atoms with Crippen LogP contribution in [0.1, 0.15) is 47.0 Å². The molecule has 0 radical (unpaired) electrons. The fraction of sp³-hybridized carbons (Fsp3) is 0.909. The first-order chi connectivity index (χ1) is 5.47. The van der Waals surface area contributed by atoms with E-state index in [0.29, 0.717) is 23.0 Å². The molecule has 0 bridgehead atoms. The largest absolute Gasteiger partial charge is 0.299 e. The molecule has 0 saturated heterocycles. The van der Waals surface area contributed by atoms with Crippen LogP contribution in [0.25, 0.3) is 0 Å². The molecule has 0 unspecified atom stereocenters. The Balaban J connectivity index is 2.72. The van der Waals surface area contributed by atoms with Crippen LogP contribution in [0.15, 0.2) is 0 Å². The monoisotopic (exact) mass is 168 g/mol. The van der Waals surface area contributed by atoms with Crippen molar-refractivity contribution in [1.29, 1.82) is 0 Å². The van der Waals surface area contributed by atoms with Crippen LogP contribution in [0.2, 0.25) is 0 Å². The average Bonchev–Trinajstić information content (AvgIpc) is 1.96. The molecule has 2 atom stereocenters. The van der Waals surface area contributed by atoms with Crippen molar-refractivity contribution < 1.29 is 4.79 Å². The number of Topliss-reactive ketones (excluding diaryl/α,β-unsaturated/α-hetero) is 1. The zero-order chi connectivity index (χ0) is 9.35. The lowest BCUT2D eigenvalue weighted by Gasteiger charge is -2.40. The number of ketones is 1. The van der Waals surface area contributed by atoms with Gasteiger partial charge >= 0.3 is 0 Å². The second kappa shape index (κ2) is 3.20. The molecule has 0 aliphatic heterocycles. The summed E-state index contributed by atoms with van der Waals surface area (Å²) in [6.07, 6.45) is 3.03. The van der Waals surface area contributed by atoms with Gasteiger partial charge in [-0.25, -0.2) is 0 Å². The summed E-state index contributed by atoms with van der Waals surface area (Å²) < 4.78 is 0. The van der Waals surface area contributed by atoms with Crippen LogP contribution in [0.3, 0.4) is 0 Å². The second-order valence-electron chi connectivity index (χ2n) is 4.87. The summed E-state index contributed by atoms with van der Waals surface area (Å²) in [4.78, 5) is 11.5. The van der Waals surface area contributed by atoms with Crippen molar-refractivity contribution in [2.24, 2.45) is 17.3 Å². The summed E-state index contributed by atoms with van der Waals surface area (Å²) in [6, 6.07) is 0. The van der Waals surface area contributed by atoms with Crippen molar-refractivity contribution in [2.75, 3.05) is 0 Å². The number of hydrogen-bond acceptors (Lipinski definition) is 1. The SMILES string of the molecule is CC[C@H]1CC(=O)[C@@H](C)CC1(C)C. The lowest BCUT2D eigenvalue weighted by Crippen LogP contribution is -2.36. The molecule has 1 saturated carbocycles. The Morgan fingerprint density at radius 3 is 2.58 bits per heavy atom. The molecule has 0 heterocycles. The maximum absolute atomic E-state index is 11.5. The third-order valence-electron chi connectivity index (χ3n) is 3.43. The zero-order valence-electron chi connectivity index (χ0n) is 8.68. The first-order valence-corrected chi connectivity index (χ1v) is 5.00. The first-order valence-electron chi connectivity index (χ1n) is 5.00. The van der Waals surface area contributed by atoms with Gasteiger partial charge in [-0.15, -0.1) is 0 Å². The molecular weight excluding hydrogens is 148 g/mol. The summed E-state index contributed by atoms with van der Waals surface area (Å²) in [7, 11) is 0. The van der Waals surface area contributed by atoms with Gasteiger partial charge in [-0.05, 0) is 17.8 Å². The number of carbonyl (C=O) groups is 1. The highest BCUT2D eigenvalue weighted by Crippen LogP contribution is 2.42. The maximum Gasteiger partial charge on any atom is 0.136 e. The zero-order valence-corrected chi connectivity index (χ0v) is 8.68. The smallest absolute Gasteiger partial charge is 0.136 e. The normalized spacial score (nSPS) is 35.2. The third kappa shape index (κ3) is 1.70. The minimum absolute atomic E-state index is 0.294. The lowest BCUT2D eigenvalue weighted by molar-refractivity contribution is -0.129. The van der Waals surface area contributed by atoms with Crippen LogP contribution in [0.5, 0.6) is 0 Å². The van der Waals surface area contributed by atoms with Gasteiger partial charge in [-0.2, -0.15) is 0 Å². The Kier molecular flexibility index (Phi) is 2.60. The fourth-order valence-corrected chi connectivity index (χ4v) is 2.49. The van der Waals surface area contributed by atoms with Gasteiger partial charge in [0.25, 0.3) is 0 Å². The van der Waals surface area contributed by atoms with E-state index in [9.17, 15) is 4.79 Å².